The first-order valence-electron chi connectivity index (χ1n) is 7.70. The second-order valence-electron chi connectivity index (χ2n) is 5.26. The number of rotatable bonds is 5. The third kappa shape index (κ3) is 3.30. The van der Waals surface area contributed by atoms with Gasteiger partial charge in [0.15, 0.2) is 5.69 Å². The van der Waals surface area contributed by atoms with Gasteiger partial charge < -0.3 is 5.73 Å². The SMILES string of the molecule is Nc1nonc1-n1nnc(C(=O)N/N=C/c2ccccc2)c1-c1cccs1. The Morgan fingerprint density at radius 1 is 1.22 bits per heavy atom. The fraction of sp³-hybridized carbons (Fsp3) is 0. The van der Waals surface area contributed by atoms with E-state index in [1.54, 1.807) is 0 Å². The number of nitrogens with two attached hydrogens (primary N) is 1. The number of carbonyl (C=O) groups is 1. The summed E-state index contributed by atoms with van der Waals surface area (Å²) in [5.41, 5.74) is 9.54. The number of nitrogen functional groups attached to an aromatic ring is 1. The van der Waals surface area contributed by atoms with Crippen LogP contribution in [0.25, 0.3) is 16.4 Å². The largest absolute Gasteiger partial charge is 0.378 e. The minimum absolute atomic E-state index is 0.0340. The minimum Gasteiger partial charge on any atom is -0.378 e. The first kappa shape index (κ1) is 16.6. The molecule has 0 fully saturated rings. The summed E-state index contributed by atoms with van der Waals surface area (Å²) in [5, 5.41) is 21.0. The van der Waals surface area contributed by atoms with Crippen LogP contribution in [0.2, 0.25) is 0 Å². The molecule has 1 amide bonds. The van der Waals surface area contributed by atoms with Crippen LogP contribution in [-0.4, -0.2) is 37.4 Å². The van der Waals surface area contributed by atoms with Crippen molar-refractivity contribution in [1.29, 1.82) is 0 Å². The monoisotopic (exact) mass is 380 g/mol. The Hall–Kier alpha value is -3.86. The van der Waals surface area contributed by atoms with Gasteiger partial charge in [0.1, 0.15) is 5.69 Å². The number of carbonyl (C=O) groups excluding carboxylic acids is 1. The Bertz CT molecular complexity index is 1090. The van der Waals surface area contributed by atoms with Gasteiger partial charge in [0.05, 0.1) is 11.1 Å². The number of anilines is 1. The van der Waals surface area contributed by atoms with E-state index < -0.39 is 5.91 Å². The van der Waals surface area contributed by atoms with Crippen LogP contribution in [0.5, 0.6) is 0 Å². The maximum absolute atomic E-state index is 12.6. The average molecular weight is 380 g/mol. The predicted molar refractivity (Wildman–Crippen MR) is 98.4 cm³/mol. The van der Waals surface area contributed by atoms with Gasteiger partial charge in [0.2, 0.25) is 11.6 Å². The number of nitrogens with one attached hydrogen (secondary N) is 1. The molecule has 0 bridgehead atoms. The zero-order valence-electron chi connectivity index (χ0n) is 13.7. The van der Waals surface area contributed by atoms with Gasteiger partial charge in [0.25, 0.3) is 5.91 Å². The van der Waals surface area contributed by atoms with E-state index in [-0.39, 0.29) is 17.3 Å². The van der Waals surface area contributed by atoms with Gasteiger partial charge in [-0.3, -0.25) is 4.79 Å². The molecule has 4 rings (SSSR count). The lowest BCUT2D eigenvalue weighted by Crippen LogP contribution is -2.19. The highest BCUT2D eigenvalue weighted by Crippen LogP contribution is 2.29. The van der Waals surface area contributed by atoms with Gasteiger partial charge in [-0.15, -0.1) is 16.4 Å². The lowest BCUT2D eigenvalue weighted by atomic mass is 10.2. The highest BCUT2D eigenvalue weighted by molar-refractivity contribution is 7.13. The molecular weight excluding hydrogens is 368 g/mol. The average Bonchev–Trinajstić information content (AvgIpc) is 3.42. The van der Waals surface area contributed by atoms with E-state index in [9.17, 15) is 4.79 Å². The zero-order valence-corrected chi connectivity index (χ0v) is 14.5. The summed E-state index contributed by atoms with van der Waals surface area (Å²) in [5.74, 6) is -0.337. The van der Waals surface area contributed by atoms with Gasteiger partial charge in [-0.05, 0) is 27.3 Å². The van der Waals surface area contributed by atoms with Crippen molar-refractivity contribution in [3.63, 3.8) is 0 Å². The summed E-state index contributed by atoms with van der Waals surface area (Å²) < 4.78 is 5.93. The van der Waals surface area contributed by atoms with Gasteiger partial charge in [-0.2, -0.15) is 9.78 Å². The molecule has 0 atom stereocenters. The van der Waals surface area contributed by atoms with Crippen molar-refractivity contribution < 1.29 is 9.42 Å². The van der Waals surface area contributed by atoms with E-state index in [4.69, 9.17) is 5.73 Å². The number of benzene rings is 1. The molecule has 0 aliphatic rings. The fourth-order valence-corrected chi connectivity index (χ4v) is 3.07. The van der Waals surface area contributed by atoms with Crippen LogP contribution in [0.3, 0.4) is 0 Å². The van der Waals surface area contributed by atoms with Gasteiger partial charge >= 0.3 is 0 Å². The number of aromatic nitrogens is 5. The van der Waals surface area contributed by atoms with Crippen LogP contribution in [-0.2, 0) is 0 Å². The summed E-state index contributed by atoms with van der Waals surface area (Å²) in [6.45, 7) is 0. The number of hydrogen-bond donors (Lipinski definition) is 2. The van der Waals surface area contributed by atoms with Crippen LogP contribution in [0.1, 0.15) is 16.1 Å². The van der Waals surface area contributed by atoms with Crippen molar-refractivity contribution in [2.24, 2.45) is 5.10 Å². The van der Waals surface area contributed by atoms with Crippen LogP contribution in [0.15, 0.2) is 57.6 Å². The maximum atomic E-state index is 12.6. The lowest BCUT2D eigenvalue weighted by molar-refractivity contribution is 0.0951. The van der Waals surface area contributed by atoms with Crippen molar-refractivity contribution in [2.45, 2.75) is 0 Å². The third-order valence-corrected chi connectivity index (χ3v) is 4.39. The van der Waals surface area contributed by atoms with E-state index in [1.807, 2.05) is 47.8 Å². The molecule has 0 saturated carbocycles. The van der Waals surface area contributed by atoms with Gasteiger partial charge in [0, 0.05) is 0 Å². The van der Waals surface area contributed by atoms with Crippen molar-refractivity contribution in [3.8, 4) is 16.4 Å². The molecule has 0 spiro atoms. The molecular formula is C16H12N8O2S. The third-order valence-electron chi connectivity index (χ3n) is 3.52. The van der Waals surface area contributed by atoms with E-state index in [0.717, 1.165) is 10.4 Å². The van der Waals surface area contributed by atoms with Crippen LogP contribution in [0.4, 0.5) is 5.82 Å². The lowest BCUT2D eigenvalue weighted by Gasteiger charge is -2.03. The van der Waals surface area contributed by atoms with Crippen LogP contribution >= 0.6 is 11.3 Å². The Balaban J connectivity index is 1.66. The molecule has 4 aromatic rings. The van der Waals surface area contributed by atoms with E-state index in [1.165, 1.54) is 22.2 Å². The first-order valence-corrected chi connectivity index (χ1v) is 8.58. The molecule has 1 aromatic carbocycles. The molecule has 3 N–H and O–H groups in total. The Labute approximate surface area is 156 Å². The summed E-state index contributed by atoms with van der Waals surface area (Å²) in [4.78, 5) is 13.3. The molecule has 27 heavy (non-hydrogen) atoms. The number of amides is 1. The predicted octanol–water partition coefficient (Wildman–Crippen LogP) is 1.72. The highest BCUT2D eigenvalue weighted by atomic mass is 32.1. The first-order chi connectivity index (χ1) is 13.2. The summed E-state index contributed by atoms with van der Waals surface area (Å²) in [6.07, 6.45) is 1.53. The number of hydrogen-bond acceptors (Lipinski definition) is 9. The van der Waals surface area contributed by atoms with E-state index in [0.29, 0.717) is 5.69 Å². The molecule has 134 valence electrons. The van der Waals surface area contributed by atoms with Crippen molar-refractivity contribution in [1.82, 2.24) is 30.7 Å². The Morgan fingerprint density at radius 2 is 2.07 bits per heavy atom. The topological polar surface area (TPSA) is 137 Å². The standard InChI is InChI=1S/C16H12N8O2S/c17-14-15(22-26-21-14)24-13(11-7-4-8-27-11)12(19-23-24)16(25)20-18-9-10-5-2-1-3-6-10/h1-9H,(H2,17,21)(H,20,25)/b18-9+. The Kier molecular flexibility index (Phi) is 4.41. The summed E-state index contributed by atoms with van der Waals surface area (Å²) in [7, 11) is 0. The highest BCUT2D eigenvalue weighted by Gasteiger charge is 2.25. The Morgan fingerprint density at radius 3 is 2.78 bits per heavy atom. The van der Waals surface area contributed by atoms with Crippen molar-refractivity contribution in [2.75, 3.05) is 5.73 Å². The van der Waals surface area contributed by atoms with Crippen LogP contribution in [0, 0.1) is 0 Å². The molecule has 0 aliphatic carbocycles. The zero-order chi connectivity index (χ0) is 18.6. The molecule has 3 heterocycles. The fourth-order valence-electron chi connectivity index (χ4n) is 2.31. The van der Waals surface area contributed by atoms with Crippen molar-refractivity contribution >= 4 is 29.3 Å². The van der Waals surface area contributed by atoms with Gasteiger partial charge in [-0.1, -0.05) is 41.6 Å². The summed E-state index contributed by atoms with van der Waals surface area (Å²) >= 11 is 1.41. The van der Waals surface area contributed by atoms with Gasteiger partial charge in [-0.25, -0.2) is 10.1 Å². The second kappa shape index (κ2) is 7.17. The molecule has 10 nitrogen and oxygen atoms in total. The molecule has 0 saturated heterocycles. The molecule has 11 heteroatoms. The number of thiophene rings is 1. The molecule has 0 unspecified atom stereocenters. The van der Waals surface area contributed by atoms with Crippen LogP contribution < -0.4 is 11.2 Å². The van der Waals surface area contributed by atoms with Crippen molar-refractivity contribution in [3.05, 3.63) is 59.1 Å². The van der Waals surface area contributed by atoms with E-state index in [2.05, 4.69) is 35.8 Å². The maximum Gasteiger partial charge on any atom is 0.294 e. The number of hydrazone groups is 1. The van der Waals surface area contributed by atoms with E-state index >= 15 is 0 Å². The normalized spacial score (nSPS) is 11.1. The second-order valence-corrected chi connectivity index (χ2v) is 6.21. The number of nitrogens with zero attached hydrogens (tertiary/aromatic N) is 6. The minimum atomic E-state index is -0.521. The smallest absolute Gasteiger partial charge is 0.294 e. The quantitative estimate of drug-likeness (QED) is 0.397. The molecule has 0 radical (unpaired) electrons. The molecule has 0 aliphatic heterocycles. The molecule has 3 aromatic heterocycles. The summed E-state index contributed by atoms with van der Waals surface area (Å²) in [6, 6.07) is 13.0.